The minimum atomic E-state index is -1.39. The van der Waals surface area contributed by atoms with E-state index in [9.17, 15) is 19.2 Å². The number of aliphatic hydroxyl groups is 1. The summed E-state index contributed by atoms with van der Waals surface area (Å²) >= 11 is 0. The number of amides is 2. The van der Waals surface area contributed by atoms with Crippen molar-refractivity contribution >= 4 is 23.8 Å². The van der Waals surface area contributed by atoms with E-state index in [1.165, 1.54) is 83.5 Å². The fraction of sp³-hybridized carbons (Fsp3) is 0.879. The van der Waals surface area contributed by atoms with Gasteiger partial charge in [0.2, 0.25) is 11.8 Å². The summed E-state index contributed by atoms with van der Waals surface area (Å²) in [6, 6.07) is -1.39. The van der Waals surface area contributed by atoms with Crippen LogP contribution >= 0.6 is 0 Å². The van der Waals surface area contributed by atoms with Gasteiger partial charge in [0, 0.05) is 12.8 Å². The van der Waals surface area contributed by atoms with E-state index in [1.54, 1.807) is 0 Å². The predicted molar refractivity (Wildman–Crippen MR) is 167 cm³/mol. The first-order valence-electron chi connectivity index (χ1n) is 16.9. The zero-order valence-corrected chi connectivity index (χ0v) is 26.8. The van der Waals surface area contributed by atoms with Crippen LogP contribution in [0.5, 0.6) is 0 Å². The molecule has 0 saturated carbocycles. The standard InChI is InChI=1S/C33H62N2O7/c1-3-5-6-7-8-9-10-11-12-13-14-15-16-17-21-25-32(39)42-28(22-4-2)23-19-18-20-24-30(37)34-26-31(38)35-29(27-36)33(40)41/h28-29,36H,3-27H2,1-2H3,(H,34,37)(H,35,38)(H,40,41). The van der Waals surface area contributed by atoms with Gasteiger partial charge in [0.1, 0.15) is 12.1 Å². The molecular weight excluding hydrogens is 536 g/mol. The van der Waals surface area contributed by atoms with Crippen molar-refractivity contribution < 1.29 is 34.1 Å². The monoisotopic (exact) mass is 598 g/mol. The molecule has 2 amide bonds. The summed E-state index contributed by atoms with van der Waals surface area (Å²) in [5, 5.41) is 22.3. The van der Waals surface area contributed by atoms with Crippen molar-refractivity contribution in [2.24, 2.45) is 0 Å². The maximum Gasteiger partial charge on any atom is 0.328 e. The summed E-state index contributed by atoms with van der Waals surface area (Å²) in [5.41, 5.74) is 0. The van der Waals surface area contributed by atoms with Crippen molar-refractivity contribution in [3.05, 3.63) is 0 Å². The van der Waals surface area contributed by atoms with Crippen LogP contribution in [0.2, 0.25) is 0 Å². The fourth-order valence-corrected chi connectivity index (χ4v) is 5.00. The Bertz CT molecular complexity index is 702. The summed E-state index contributed by atoms with van der Waals surface area (Å²) in [7, 11) is 0. The Morgan fingerprint density at radius 3 is 1.62 bits per heavy atom. The smallest absolute Gasteiger partial charge is 0.328 e. The van der Waals surface area contributed by atoms with E-state index in [0.29, 0.717) is 12.8 Å². The lowest BCUT2D eigenvalue weighted by molar-refractivity contribution is -0.150. The first kappa shape index (κ1) is 39.8. The van der Waals surface area contributed by atoms with E-state index in [4.69, 9.17) is 14.9 Å². The third-order valence-corrected chi connectivity index (χ3v) is 7.59. The zero-order valence-electron chi connectivity index (χ0n) is 26.8. The average molecular weight is 599 g/mol. The van der Waals surface area contributed by atoms with Crippen molar-refractivity contribution in [1.29, 1.82) is 0 Å². The molecule has 0 radical (unpaired) electrons. The van der Waals surface area contributed by atoms with E-state index in [2.05, 4.69) is 24.5 Å². The van der Waals surface area contributed by atoms with E-state index < -0.39 is 24.5 Å². The number of aliphatic carboxylic acids is 1. The molecule has 0 heterocycles. The number of carbonyl (C=O) groups excluding carboxylic acids is 3. The Kier molecular flexibility index (Phi) is 27.4. The number of esters is 1. The molecule has 0 bridgehead atoms. The van der Waals surface area contributed by atoms with Gasteiger partial charge in [-0.05, 0) is 32.1 Å². The molecule has 42 heavy (non-hydrogen) atoms. The third-order valence-electron chi connectivity index (χ3n) is 7.59. The van der Waals surface area contributed by atoms with Crippen LogP contribution in [-0.2, 0) is 23.9 Å². The number of carboxylic acid groups (broad SMARTS) is 1. The number of aliphatic hydroxyl groups excluding tert-OH is 1. The molecule has 0 fully saturated rings. The first-order valence-corrected chi connectivity index (χ1v) is 16.9. The number of hydrogen-bond acceptors (Lipinski definition) is 6. The van der Waals surface area contributed by atoms with E-state index >= 15 is 0 Å². The number of hydrogen-bond donors (Lipinski definition) is 4. The SMILES string of the molecule is CCCCCCCCCCCCCCCCCC(=O)OC(CCC)CCCCCC(=O)NCC(=O)NC(CO)C(=O)O. The van der Waals surface area contributed by atoms with Gasteiger partial charge in [0.05, 0.1) is 13.2 Å². The maximum absolute atomic E-state index is 12.3. The Morgan fingerprint density at radius 1 is 0.619 bits per heavy atom. The molecule has 0 aromatic carbocycles. The number of carbonyl (C=O) groups is 4. The molecule has 0 aromatic heterocycles. The van der Waals surface area contributed by atoms with E-state index in [1.807, 2.05) is 0 Å². The molecule has 0 aromatic rings. The second kappa shape index (κ2) is 28.9. The summed E-state index contributed by atoms with van der Waals surface area (Å²) in [6.45, 7) is 3.29. The van der Waals surface area contributed by atoms with Gasteiger partial charge >= 0.3 is 11.9 Å². The molecule has 2 unspecified atom stereocenters. The topological polar surface area (TPSA) is 142 Å². The van der Waals surface area contributed by atoms with Crippen molar-refractivity contribution in [3.8, 4) is 0 Å². The van der Waals surface area contributed by atoms with Crippen LogP contribution in [-0.4, -0.2) is 59.3 Å². The molecule has 0 aliphatic heterocycles. The predicted octanol–water partition coefficient (Wildman–Crippen LogP) is 6.59. The van der Waals surface area contributed by atoms with Crippen molar-refractivity contribution in [2.75, 3.05) is 13.2 Å². The van der Waals surface area contributed by atoms with E-state index in [0.717, 1.165) is 44.9 Å². The van der Waals surface area contributed by atoms with Crippen molar-refractivity contribution in [3.63, 3.8) is 0 Å². The van der Waals surface area contributed by atoms with Gasteiger partial charge in [0.25, 0.3) is 0 Å². The van der Waals surface area contributed by atoms with Crippen LogP contribution in [0, 0.1) is 0 Å². The maximum atomic E-state index is 12.3. The van der Waals surface area contributed by atoms with Crippen LogP contribution in [0.1, 0.15) is 162 Å². The third kappa shape index (κ3) is 25.5. The van der Waals surface area contributed by atoms with E-state index in [-0.39, 0.29) is 30.9 Å². The van der Waals surface area contributed by atoms with Crippen LogP contribution < -0.4 is 10.6 Å². The van der Waals surface area contributed by atoms with Gasteiger partial charge in [0.15, 0.2) is 0 Å². The lowest BCUT2D eigenvalue weighted by atomic mass is 10.0. The van der Waals surface area contributed by atoms with Gasteiger partial charge in [-0.25, -0.2) is 4.79 Å². The summed E-state index contributed by atoms with van der Waals surface area (Å²) in [6.07, 6.45) is 25.0. The van der Waals surface area contributed by atoms with Crippen molar-refractivity contribution in [2.45, 2.75) is 174 Å². The van der Waals surface area contributed by atoms with Gasteiger partial charge in [-0.1, -0.05) is 117 Å². The summed E-state index contributed by atoms with van der Waals surface area (Å²) in [4.78, 5) is 46.8. The second-order valence-corrected chi connectivity index (χ2v) is 11.6. The molecule has 4 N–H and O–H groups in total. The zero-order chi connectivity index (χ0) is 31.3. The number of rotatable bonds is 30. The van der Waals surface area contributed by atoms with Gasteiger partial charge < -0.3 is 25.6 Å². The number of nitrogens with one attached hydrogen (secondary N) is 2. The molecule has 0 saturated heterocycles. The Morgan fingerprint density at radius 2 is 1.12 bits per heavy atom. The van der Waals surface area contributed by atoms with Crippen LogP contribution in [0.3, 0.4) is 0 Å². The Labute approximate surface area is 255 Å². The molecule has 0 spiro atoms. The normalized spacial score (nSPS) is 12.5. The largest absolute Gasteiger partial charge is 0.480 e. The Balaban J connectivity index is 3.77. The summed E-state index contributed by atoms with van der Waals surface area (Å²) < 4.78 is 5.74. The fourth-order valence-electron chi connectivity index (χ4n) is 5.00. The highest BCUT2D eigenvalue weighted by Crippen LogP contribution is 2.16. The number of ether oxygens (including phenoxy) is 1. The minimum absolute atomic E-state index is 0.0786. The number of unbranched alkanes of at least 4 members (excludes halogenated alkanes) is 16. The number of carboxylic acids is 1. The first-order chi connectivity index (χ1) is 20.3. The lowest BCUT2D eigenvalue weighted by Crippen LogP contribution is -2.47. The van der Waals surface area contributed by atoms with Crippen LogP contribution in [0.15, 0.2) is 0 Å². The molecule has 9 heteroatoms. The minimum Gasteiger partial charge on any atom is -0.480 e. The Hall–Kier alpha value is -2.16. The van der Waals surface area contributed by atoms with Crippen molar-refractivity contribution in [1.82, 2.24) is 10.6 Å². The molecule has 246 valence electrons. The van der Waals surface area contributed by atoms with Crippen LogP contribution in [0.4, 0.5) is 0 Å². The molecule has 0 rings (SSSR count). The summed E-state index contributed by atoms with van der Waals surface area (Å²) in [5.74, 6) is -2.40. The molecular formula is C33H62N2O7. The molecule has 0 aliphatic rings. The second-order valence-electron chi connectivity index (χ2n) is 11.6. The lowest BCUT2D eigenvalue weighted by Gasteiger charge is -2.17. The molecule has 0 aliphatic carbocycles. The quantitative estimate of drug-likeness (QED) is 0.0540. The highest BCUT2D eigenvalue weighted by atomic mass is 16.5. The molecule has 2 atom stereocenters. The highest BCUT2D eigenvalue weighted by Gasteiger charge is 2.19. The van der Waals surface area contributed by atoms with Gasteiger partial charge in [-0.15, -0.1) is 0 Å². The van der Waals surface area contributed by atoms with Crippen LogP contribution in [0.25, 0.3) is 0 Å². The van der Waals surface area contributed by atoms with Gasteiger partial charge in [-0.2, -0.15) is 0 Å². The van der Waals surface area contributed by atoms with Gasteiger partial charge in [-0.3, -0.25) is 14.4 Å². The highest BCUT2D eigenvalue weighted by molar-refractivity contribution is 5.87. The average Bonchev–Trinajstić information content (AvgIpc) is 2.96. The molecule has 9 nitrogen and oxygen atoms in total.